The molecule has 0 amide bonds. The molecule has 19 heteroatoms. The number of azo groups is 1. The molecule has 0 fully saturated rings. The summed E-state index contributed by atoms with van der Waals surface area (Å²) >= 11 is 0. The number of nitrogen functional groups attached to an aromatic ring is 1. The van der Waals surface area contributed by atoms with Gasteiger partial charge in [-0.25, -0.2) is 16.8 Å². The molecule has 4 N–H and O–H groups in total. The number of anilines is 3. The quantitative estimate of drug-likeness (QED) is 0.0495. The molecule has 2 aliphatic rings. The summed E-state index contributed by atoms with van der Waals surface area (Å²) in [5.41, 5.74) is 12.9. The normalized spacial score (nSPS) is 15.6. The molecule has 0 spiro atoms. The maximum absolute atomic E-state index is 13.6. The van der Waals surface area contributed by atoms with Crippen molar-refractivity contribution in [2.24, 2.45) is 20.4 Å². The number of Topliss-reactive ketones (excluding diaryl/α,β-unsaturated/α-hetero) is 1. The van der Waals surface area contributed by atoms with E-state index in [1.54, 1.807) is 73.7 Å². The molecule has 0 aromatic heterocycles. The van der Waals surface area contributed by atoms with Crippen LogP contribution in [-0.4, -0.2) is 48.9 Å². The molecular weight excluding hydrogens is 757 g/mol. The third-order valence-corrected chi connectivity index (χ3v) is 9.43. The molecule has 15 nitrogen and oxygen atoms in total. The Morgan fingerprint density at radius 1 is 0.704 bits per heavy atom. The fourth-order valence-electron chi connectivity index (χ4n) is 5.12. The van der Waals surface area contributed by atoms with Crippen molar-refractivity contribution in [3.8, 4) is 11.1 Å². The fraction of sp³-hybridized carbons (Fsp3) is 0.0286. The second kappa shape index (κ2) is 17.4. The van der Waals surface area contributed by atoms with Crippen LogP contribution in [0, 0.1) is 0 Å². The Bertz CT molecular complexity index is 2550. The Hall–Kier alpha value is -4.40. The van der Waals surface area contributed by atoms with Gasteiger partial charge in [-0.2, -0.15) is 15.3 Å². The average molecular weight is 782 g/mol. The minimum absolute atomic E-state index is 0. The van der Waals surface area contributed by atoms with Crippen LogP contribution in [0.5, 0.6) is 0 Å². The van der Waals surface area contributed by atoms with Crippen molar-refractivity contribution in [2.75, 3.05) is 16.6 Å². The van der Waals surface area contributed by atoms with E-state index in [1.165, 1.54) is 6.08 Å². The predicted octanol–water partition coefficient (Wildman–Crippen LogP) is -0.333. The molecule has 2 aliphatic carbocycles. The van der Waals surface area contributed by atoms with E-state index in [0.717, 1.165) is 17.2 Å². The van der Waals surface area contributed by atoms with Crippen LogP contribution in [-0.2, 0) is 25.0 Å². The fourth-order valence-corrected chi connectivity index (χ4v) is 6.42. The molecule has 54 heavy (non-hydrogen) atoms. The van der Waals surface area contributed by atoms with Crippen molar-refractivity contribution in [3.05, 3.63) is 125 Å². The van der Waals surface area contributed by atoms with E-state index < -0.39 is 64.0 Å². The molecule has 0 unspecified atom stereocenters. The van der Waals surface area contributed by atoms with Crippen molar-refractivity contribution in [2.45, 2.75) is 11.8 Å². The summed E-state index contributed by atoms with van der Waals surface area (Å²) in [6.45, 7) is 1.71. The number of carbonyl (C=O) groups excluding carboxylic acids is 2. The molecule has 4 aromatic rings. The van der Waals surface area contributed by atoms with E-state index in [2.05, 4.69) is 31.3 Å². The number of nitrogens with zero attached hydrogens (tertiary/aromatic N) is 4. The van der Waals surface area contributed by atoms with Crippen LogP contribution in [0.25, 0.3) is 17.2 Å². The number of fused-ring (bicyclic) bond motifs is 1. The third-order valence-electron chi connectivity index (χ3n) is 7.73. The molecule has 262 valence electrons. The zero-order valence-corrected chi connectivity index (χ0v) is 34.5. The van der Waals surface area contributed by atoms with E-state index in [1.807, 2.05) is 24.3 Å². The van der Waals surface area contributed by atoms with Crippen molar-refractivity contribution in [1.29, 1.82) is 0 Å². The molecule has 0 aliphatic heterocycles. The van der Waals surface area contributed by atoms with Gasteiger partial charge >= 0.3 is 59.1 Å². The van der Waals surface area contributed by atoms with Crippen LogP contribution < -0.4 is 75.7 Å². The van der Waals surface area contributed by atoms with Gasteiger partial charge in [-0.15, -0.1) is 5.11 Å². The molecular formula is C35H25N7Na2O8S2. The molecule has 6 rings (SSSR count). The maximum Gasteiger partial charge on any atom is 1.00 e. The monoisotopic (exact) mass is 781 g/mol. The number of benzene rings is 4. The van der Waals surface area contributed by atoms with E-state index in [0.29, 0.717) is 28.7 Å². The van der Waals surface area contributed by atoms with E-state index in [-0.39, 0.29) is 70.6 Å². The minimum Gasteiger partial charge on any atom is -0.744 e. The zero-order chi connectivity index (χ0) is 37.2. The Labute approximate surface area is 354 Å². The van der Waals surface area contributed by atoms with Crippen molar-refractivity contribution in [1.82, 2.24) is 0 Å². The minimum atomic E-state index is -5.32. The van der Waals surface area contributed by atoms with Crippen LogP contribution in [0.3, 0.4) is 0 Å². The maximum atomic E-state index is 13.6. The van der Waals surface area contributed by atoms with Crippen LogP contribution >= 0.6 is 0 Å². The van der Waals surface area contributed by atoms with E-state index >= 15 is 0 Å². The van der Waals surface area contributed by atoms with Crippen LogP contribution in [0.1, 0.15) is 22.8 Å². The number of rotatable bonds is 9. The molecule has 0 saturated carbocycles. The number of hydrazone groups is 2. The molecule has 0 saturated heterocycles. The number of allylic oxidation sites excluding steroid dienone is 5. The summed E-state index contributed by atoms with van der Waals surface area (Å²) < 4.78 is 73.3. The standard InChI is InChI=1S/C35H27N7O8S2.2Na/c1-20-17-27(15-16-28(20)43)40-37-25-11-7-21(8-12-25)22-9-13-26(14-10-22)39-41-33-29(51(45,46)47)18-23-19-30(52(48,49)50)34(35(44)31(23)32(33)36)42-38-24-5-3-2-4-6-24;;/h2-19,37-38H,36H2,1H3,(H,45,46,47)(H,48,49,50);;/q;2*+1/p-2. The number of hydrogen-bond acceptors (Lipinski definition) is 15. The van der Waals surface area contributed by atoms with Gasteiger partial charge in [-0.05, 0) is 96.0 Å². The summed E-state index contributed by atoms with van der Waals surface area (Å²) in [5, 5.41) is 16.1. The number of nitrogens with two attached hydrogens (primary N) is 1. The molecule has 4 aromatic carbocycles. The molecule has 0 radical (unpaired) electrons. The Morgan fingerprint density at radius 3 is 1.89 bits per heavy atom. The topological polar surface area (TPSA) is 248 Å². The Kier molecular flexibility index (Phi) is 13.6. The van der Waals surface area contributed by atoms with E-state index in [4.69, 9.17) is 5.73 Å². The first kappa shape index (κ1) is 42.3. The van der Waals surface area contributed by atoms with Crippen LogP contribution in [0.15, 0.2) is 139 Å². The van der Waals surface area contributed by atoms with Crippen molar-refractivity contribution in [3.63, 3.8) is 0 Å². The van der Waals surface area contributed by atoms with Gasteiger partial charge in [0, 0.05) is 0 Å². The summed E-state index contributed by atoms with van der Waals surface area (Å²) in [5.74, 6) is -1.20. The number of ketones is 2. The van der Waals surface area contributed by atoms with Gasteiger partial charge in [0.2, 0.25) is 5.78 Å². The summed E-state index contributed by atoms with van der Waals surface area (Å²) in [6, 6.07) is 22.7. The van der Waals surface area contributed by atoms with Gasteiger partial charge < -0.3 is 14.8 Å². The zero-order valence-electron chi connectivity index (χ0n) is 28.8. The first-order chi connectivity index (χ1) is 24.7. The largest absolute Gasteiger partial charge is 1.00 e. The summed E-state index contributed by atoms with van der Waals surface area (Å²) in [7, 11) is -10.6. The van der Waals surface area contributed by atoms with Crippen LogP contribution in [0.2, 0.25) is 0 Å². The Balaban J connectivity index is 0.00000325. The van der Waals surface area contributed by atoms with Gasteiger partial charge in [0.05, 0.1) is 43.8 Å². The number of hydrogen-bond donors (Lipinski definition) is 3. The molecule has 0 heterocycles. The average Bonchev–Trinajstić information content (AvgIpc) is 3.11. The molecule has 0 atom stereocenters. The SMILES string of the molecule is CC1=CC(=NNc2ccc(-c3ccc(N=Nc4c(S(=O)(=O)[O-])cc5c(c4N)C(=O)C(=NNc4ccccc4)C(S(=O)(=O)[O-])=C5)cc3)cc2)C=CC1=O.[Na+].[Na+]. The second-order valence-corrected chi connectivity index (χ2v) is 14.0. The summed E-state index contributed by atoms with van der Waals surface area (Å²) in [4.78, 5) is 23.2. The smallest absolute Gasteiger partial charge is 0.744 e. The van der Waals surface area contributed by atoms with Crippen LogP contribution in [0.4, 0.5) is 28.4 Å². The van der Waals surface area contributed by atoms with Crippen molar-refractivity contribution >= 4 is 77.7 Å². The molecule has 0 bridgehead atoms. The van der Waals surface area contributed by atoms with Gasteiger partial charge in [-0.3, -0.25) is 20.4 Å². The first-order valence-corrected chi connectivity index (χ1v) is 17.9. The number of para-hydroxylation sites is 1. The summed E-state index contributed by atoms with van der Waals surface area (Å²) in [6.07, 6.45) is 5.47. The third kappa shape index (κ3) is 9.63. The number of nitrogens with one attached hydrogen (secondary N) is 2. The van der Waals surface area contributed by atoms with Gasteiger partial charge in [-0.1, -0.05) is 42.5 Å². The van der Waals surface area contributed by atoms with Crippen molar-refractivity contribution < 1.29 is 94.6 Å². The Morgan fingerprint density at radius 2 is 1.30 bits per heavy atom. The number of carbonyl (C=O) groups is 2. The second-order valence-electron chi connectivity index (χ2n) is 11.3. The van der Waals surface area contributed by atoms with Gasteiger partial charge in [0.25, 0.3) is 0 Å². The van der Waals surface area contributed by atoms with E-state index in [9.17, 15) is 35.5 Å². The van der Waals surface area contributed by atoms with Gasteiger partial charge in [0.15, 0.2) is 5.78 Å². The van der Waals surface area contributed by atoms with Gasteiger partial charge in [0.1, 0.15) is 31.6 Å². The predicted molar refractivity (Wildman–Crippen MR) is 193 cm³/mol. The first-order valence-electron chi connectivity index (χ1n) is 15.1.